The van der Waals surface area contributed by atoms with Crippen LogP contribution in [-0.2, 0) is 11.3 Å². The lowest BCUT2D eigenvalue weighted by Gasteiger charge is -2.26. The molecule has 112 valence electrons. The largest absolute Gasteiger partial charge is 0.465 e. The summed E-state index contributed by atoms with van der Waals surface area (Å²) in [6.07, 6.45) is 7.88. The molecule has 2 rings (SSSR count). The third-order valence-electron chi connectivity index (χ3n) is 4.23. The minimum Gasteiger partial charge on any atom is -0.465 e. The van der Waals surface area contributed by atoms with E-state index < -0.39 is 0 Å². The summed E-state index contributed by atoms with van der Waals surface area (Å²) in [5.41, 5.74) is 0.539. The van der Waals surface area contributed by atoms with Gasteiger partial charge in [0.25, 0.3) is 0 Å². The van der Waals surface area contributed by atoms with Crippen LogP contribution >= 0.6 is 0 Å². The predicted molar refractivity (Wildman–Crippen MR) is 77.7 cm³/mol. The van der Waals surface area contributed by atoms with Gasteiger partial charge in [-0.05, 0) is 32.9 Å². The Morgan fingerprint density at radius 1 is 1.35 bits per heavy atom. The Morgan fingerprint density at radius 3 is 2.60 bits per heavy atom. The summed E-state index contributed by atoms with van der Waals surface area (Å²) in [4.78, 5) is 13.9. The lowest BCUT2D eigenvalue weighted by molar-refractivity contribution is 0.0599. The van der Waals surface area contributed by atoms with Gasteiger partial charge < -0.3 is 9.15 Å². The van der Waals surface area contributed by atoms with Gasteiger partial charge in [-0.25, -0.2) is 4.79 Å². The van der Waals surface area contributed by atoms with E-state index in [4.69, 9.17) is 9.15 Å². The maximum absolute atomic E-state index is 11.6. The molecule has 0 bridgehead atoms. The number of furan rings is 1. The second-order valence-corrected chi connectivity index (χ2v) is 5.73. The Hall–Kier alpha value is -1.29. The Kier molecular flexibility index (Phi) is 5.24. The van der Waals surface area contributed by atoms with Crippen LogP contribution in [0.25, 0.3) is 0 Å². The summed E-state index contributed by atoms with van der Waals surface area (Å²) in [6, 6.07) is 2.44. The summed E-state index contributed by atoms with van der Waals surface area (Å²) in [5.74, 6) is 1.16. The van der Waals surface area contributed by atoms with E-state index in [0.717, 1.165) is 12.3 Å². The topological polar surface area (TPSA) is 42.7 Å². The van der Waals surface area contributed by atoms with Crippen LogP contribution in [0, 0.1) is 6.92 Å². The molecule has 0 unspecified atom stereocenters. The number of aryl methyl sites for hydroxylation is 1. The molecule has 0 amide bonds. The van der Waals surface area contributed by atoms with Crippen LogP contribution in [0.2, 0.25) is 0 Å². The van der Waals surface area contributed by atoms with Crippen molar-refractivity contribution in [2.75, 3.05) is 14.2 Å². The highest BCUT2D eigenvalue weighted by atomic mass is 16.5. The molecule has 0 radical (unpaired) electrons. The summed E-state index contributed by atoms with van der Waals surface area (Å²) in [7, 11) is 3.54. The van der Waals surface area contributed by atoms with Gasteiger partial charge in [-0.2, -0.15) is 0 Å². The minimum absolute atomic E-state index is 0.324. The van der Waals surface area contributed by atoms with Crippen LogP contribution in [0.3, 0.4) is 0 Å². The van der Waals surface area contributed by atoms with E-state index in [-0.39, 0.29) is 5.97 Å². The molecule has 4 heteroatoms. The predicted octanol–water partition coefficient (Wildman–Crippen LogP) is 3.53. The highest BCUT2D eigenvalue weighted by molar-refractivity contribution is 5.90. The molecule has 1 aliphatic rings. The van der Waals surface area contributed by atoms with Crippen molar-refractivity contribution < 1.29 is 13.9 Å². The van der Waals surface area contributed by atoms with Gasteiger partial charge in [-0.15, -0.1) is 0 Å². The van der Waals surface area contributed by atoms with Crippen molar-refractivity contribution >= 4 is 5.97 Å². The van der Waals surface area contributed by atoms with Gasteiger partial charge in [0.05, 0.1) is 13.7 Å². The standard InChI is InChI=1S/C16H25NO3/c1-12-15(16(18)19-3)10-14(20-12)11-17(2)13-8-6-4-5-7-9-13/h10,13H,4-9,11H2,1-3H3. The van der Waals surface area contributed by atoms with Crippen LogP contribution in [0.15, 0.2) is 10.5 Å². The fourth-order valence-corrected chi connectivity index (χ4v) is 3.01. The molecule has 0 aliphatic heterocycles. The molecular formula is C16H25NO3. The van der Waals surface area contributed by atoms with Crippen molar-refractivity contribution in [2.24, 2.45) is 0 Å². The lowest BCUT2D eigenvalue weighted by atomic mass is 10.1. The van der Waals surface area contributed by atoms with E-state index in [9.17, 15) is 4.79 Å². The summed E-state index contributed by atoms with van der Waals surface area (Å²) in [5, 5.41) is 0. The van der Waals surface area contributed by atoms with Crippen LogP contribution in [0.5, 0.6) is 0 Å². The molecule has 1 aromatic rings. The summed E-state index contributed by atoms with van der Waals surface area (Å²) in [6.45, 7) is 2.56. The third kappa shape index (κ3) is 3.63. The Morgan fingerprint density at radius 2 is 2.00 bits per heavy atom. The molecule has 0 aromatic carbocycles. The molecule has 1 heterocycles. The van der Waals surface area contributed by atoms with Crippen molar-refractivity contribution in [3.05, 3.63) is 23.2 Å². The molecule has 0 saturated heterocycles. The van der Waals surface area contributed by atoms with E-state index in [1.54, 1.807) is 6.92 Å². The quantitative estimate of drug-likeness (QED) is 0.624. The number of carbonyl (C=O) groups excluding carboxylic acids is 1. The van der Waals surface area contributed by atoms with Crippen LogP contribution < -0.4 is 0 Å². The maximum Gasteiger partial charge on any atom is 0.341 e. The third-order valence-corrected chi connectivity index (χ3v) is 4.23. The number of ether oxygens (including phenoxy) is 1. The van der Waals surface area contributed by atoms with Crippen LogP contribution in [-0.4, -0.2) is 31.1 Å². The van der Waals surface area contributed by atoms with Gasteiger partial charge in [0.2, 0.25) is 0 Å². The second-order valence-electron chi connectivity index (χ2n) is 5.73. The van der Waals surface area contributed by atoms with Gasteiger partial charge in [0, 0.05) is 6.04 Å². The average molecular weight is 279 g/mol. The van der Waals surface area contributed by atoms with Gasteiger partial charge >= 0.3 is 5.97 Å². The first kappa shape index (κ1) is 15.1. The molecule has 1 saturated carbocycles. The van der Waals surface area contributed by atoms with Crippen molar-refractivity contribution in [1.82, 2.24) is 4.90 Å². The fraction of sp³-hybridized carbons (Fsp3) is 0.688. The highest BCUT2D eigenvalue weighted by Gasteiger charge is 2.20. The van der Waals surface area contributed by atoms with Gasteiger partial charge in [0.15, 0.2) is 0 Å². The van der Waals surface area contributed by atoms with Gasteiger partial charge in [0.1, 0.15) is 17.1 Å². The fourth-order valence-electron chi connectivity index (χ4n) is 3.01. The highest BCUT2D eigenvalue weighted by Crippen LogP contribution is 2.23. The number of carbonyl (C=O) groups is 1. The number of hydrogen-bond donors (Lipinski definition) is 0. The molecule has 0 spiro atoms. The zero-order valence-corrected chi connectivity index (χ0v) is 12.8. The molecule has 1 aromatic heterocycles. The van der Waals surface area contributed by atoms with Crippen molar-refractivity contribution in [1.29, 1.82) is 0 Å². The molecule has 20 heavy (non-hydrogen) atoms. The normalized spacial score (nSPS) is 17.2. The number of rotatable bonds is 4. The van der Waals surface area contributed by atoms with Crippen molar-refractivity contribution in [2.45, 2.75) is 58.0 Å². The van der Waals surface area contributed by atoms with Gasteiger partial charge in [-0.3, -0.25) is 4.90 Å². The zero-order valence-electron chi connectivity index (χ0n) is 12.8. The second kappa shape index (κ2) is 6.93. The summed E-state index contributed by atoms with van der Waals surface area (Å²) < 4.78 is 10.4. The molecule has 0 N–H and O–H groups in total. The van der Waals surface area contributed by atoms with Gasteiger partial charge in [-0.1, -0.05) is 25.7 Å². The smallest absolute Gasteiger partial charge is 0.341 e. The van der Waals surface area contributed by atoms with E-state index in [2.05, 4.69) is 11.9 Å². The first-order valence-electron chi connectivity index (χ1n) is 7.49. The Balaban J connectivity index is 2.00. The number of hydrogen-bond acceptors (Lipinski definition) is 4. The van der Waals surface area contributed by atoms with E-state index >= 15 is 0 Å². The Bertz CT molecular complexity index is 445. The van der Waals surface area contributed by atoms with Crippen LogP contribution in [0.4, 0.5) is 0 Å². The van der Waals surface area contributed by atoms with Crippen molar-refractivity contribution in [3.63, 3.8) is 0 Å². The lowest BCUT2D eigenvalue weighted by Crippen LogP contribution is -2.30. The zero-order chi connectivity index (χ0) is 14.5. The summed E-state index contributed by atoms with van der Waals surface area (Å²) >= 11 is 0. The first-order valence-corrected chi connectivity index (χ1v) is 7.49. The molecule has 4 nitrogen and oxygen atoms in total. The average Bonchev–Trinajstić information content (AvgIpc) is 2.67. The number of esters is 1. The van der Waals surface area contributed by atoms with E-state index in [0.29, 0.717) is 17.4 Å². The van der Waals surface area contributed by atoms with E-state index in [1.165, 1.54) is 45.6 Å². The number of methoxy groups -OCH3 is 1. The Labute approximate surface area is 121 Å². The maximum atomic E-state index is 11.6. The molecule has 1 aliphatic carbocycles. The SMILES string of the molecule is COC(=O)c1cc(CN(C)C2CCCCCC2)oc1C. The van der Waals surface area contributed by atoms with Crippen LogP contribution in [0.1, 0.15) is 60.4 Å². The number of nitrogens with zero attached hydrogens (tertiary/aromatic N) is 1. The monoisotopic (exact) mass is 279 g/mol. The molecule has 1 fully saturated rings. The minimum atomic E-state index is -0.324. The molecular weight excluding hydrogens is 254 g/mol. The van der Waals surface area contributed by atoms with E-state index in [1.807, 2.05) is 6.07 Å². The molecule has 0 atom stereocenters. The van der Waals surface area contributed by atoms with Crippen molar-refractivity contribution in [3.8, 4) is 0 Å². The first-order chi connectivity index (χ1) is 9.61.